The molecule has 76 valence electrons. The van der Waals surface area contributed by atoms with Crippen LogP contribution in [-0.4, -0.2) is 16.7 Å². The van der Waals surface area contributed by atoms with Gasteiger partial charge in [-0.05, 0) is 36.6 Å². The van der Waals surface area contributed by atoms with Gasteiger partial charge in [0.25, 0.3) is 5.91 Å². The number of nitrogens with zero attached hydrogens (tertiary/aromatic N) is 1. The summed E-state index contributed by atoms with van der Waals surface area (Å²) in [5, 5.41) is 1.08. The fourth-order valence-corrected chi connectivity index (χ4v) is 1.99. The minimum absolute atomic E-state index is 0.0955. The molecule has 2 aromatic rings. The van der Waals surface area contributed by atoms with E-state index < -0.39 is 0 Å². The SMILES string of the molecule is C=CC(=O)n1ccc2cc(SC)ccc21. The van der Waals surface area contributed by atoms with Crippen LogP contribution in [-0.2, 0) is 0 Å². The molecule has 0 spiro atoms. The van der Waals surface area contributed by atoms with Gasteiger partial charge in [-0.1, -0.05) is 6.58 Å². The molecule has 0 bridgehead atoms. The largest absolute Gasteiger partial charge is 0.284 e. The average Bonchev–Trinajstić information content (AvgIpc) is 2.70. The van der Waals surface area contributed by atoms with Crippen molar-refractivity contribution in [3.8, 4) is 0 Å². The molecular weight excluding hydrogens is 206 g/mol. The van der Waals surface area contributed by atoms with E-state index in [1.165, 1.54) is 11.0 Å². The van der Waals surface area contributed by atoms with Crippen molar-refractivity contribution < 1.29 is 4.79 Å². The predicted molar refractivity (Wildman–Crippen MR) is 64.5 cm³/mol. The van der Waals surface area contributed by atoms with Gasteiger partial charge in [-0.2, -0.15) is 0 Å². The van der Waals surface area contributed by atoms with E-state index in [2.05, 4.69) is 12.6 Å². The summed E-state index contributed by atoms with van der Waals surface area (Å²) in [6.07, 6.45) is 5.13. The quantitative estimate of drug-likeness (QED) is 0.569. The number of hydrogen-bond acceptors (Lipinski definition) is 2. The molecule has 0 aliphatic carbocycles. The normalized spacial score (nSPS) is 10.5. The summed E-state index contributed by atoms with van der Waals surface area (Å²) in [7, 11) is 0. The Morgan fingerprint density at radius 3 is 2.93 bits per heavy atom. The zero-order valence-electron chi connectivity index (χ0n) is 8.43. The van der Waals surface area contributed by atoms with E-state index in [1.54, 1.807) is 22.5 Å². The van der Waals surface area contributed by atoms with E-state index in [9.17, 15) is 4.79 Å². The number of thioether (sulfide) groups is 1. The Labute approximate surface area is 92.6 Å². The van der Waals surface area contributed by atoms with Crippen LogP contribution in [0.25, 0.3) is 10.9 Å². The molecule has 0 N–H and O–H groups in total. The zero-order chi connectivity index (χ0) is 10.8. The molecule has 0 saturated carbocycles. The third-order valence-electron chi connectivity index (χ3n) is 2.31. The van der Waals surface area contributed by atoms with Crippen molar-refractivity contribution >= 4 is 28.6 Å². The number of benzene rings is 1. The molecule has 15 heavy (non-hydrogen) atoms. The van der Waals surface area contributed by atoms with Crippen LogP contribution >= 0.6 is 11.8 Å². The van der Waals surface area contributed by atoms with E-state index in [0.717, 1.165) is 10.9 Å². The molecule has 0 atom stereocenters. The van der Waals surface area contributed by atoms with Crippen molar-refractivity contribution in [1.82, 2.24) is 4.57 Å². The number of carbonyl (C=O) groups excluding carboxylic acids is 1. The highest BCUT2D eigenvalue weighted by atomic mass is 32.2. The topological polar surface area (TPSA) is 22.0 Å². The van der Waals surface area contributed by atoms with Gasteiger partial charge in [0.05, 0.1) is 5.52 Å². The van der Waals surface area contributed by atoms with Crippen LogP contribution in [0.15, 0.2) is 48.0 Å². The van der Waals surface area contributed by atoms with Crippen LogP contribution in [0.4, 0.5) is 0 Å². The van der Waals surface area contributed by atoms with Crippen molar-refractivity contribution in [2.75, 3.05) is 6.26 Å². The van der Waals surface area contributed by atoms with Crippen LogP contribution < -0.4 is 0 Å². The highest BCUT2D eigenvalue weighted by molar-refractivity contribution is 7.98. The van der Waals surface area contributed by atoms with E-state index in [-0.39, 0.29) is 5.91 Å². The average molecular weight is 217 g/mol. The summed E-state index contributed by atoms with van der Waals surface area (Å²) in [6, 6.07) is 7.99. The molecular formula is C12H11NOS. The number of allylic oxidation sites excluding steroid dienone is 1. The highest BCUT2D eigenvalue weighted by Crippen LogP contribution is 2.22. The smallest absolute Gasteiger partial charge is 0.254 e. The monoisotopic (exact) mass is 217 g/mol. The van der Waals surface area contributed by atoms with Gasteiger partial charge in [-0.25, -0.2) is 0 Å². The maximum Gasteiger partial charge on any atom is 0.254 e. The molecule has 0 aliphatic rings. The third kappa shape index (κ3) is 1.70. The van der Waals surface area contributed by atoms with Crippen molar-refractivity contribution in [2.24, 2.45) is 0 Å². The fourth-order valence-electron chi connectivity index (χ4n) is 1.54. The first-order valence-corrected chi connectivity index (χ1v) is 5.80. The Morgan fingerprint density at radius 1 is 1.47 bits per heavy atom. The standard InChI is InChI=1S/C12H11NOS/c1-3-12(14)13-7-6-9-8-10(15-2)4-5-11(9)13/h3-8H,1H2,2H3. The third-order valence-corrected chi connectivity index (χ3v) is 3.03. The van der Waals surface area contributed by atoms with Crippen LogP contribution in [0.5, 0.6) is 0 Å². The maximum atomic E-state index is 11.5. The minimum Gasteiger partial charge on any atom is -0.284 e. The lowest BCUT2D eigenvalue weighted by Crippen LogP contribution is -2.04. The van der Waals surface area contributed by atoms with E-state index in [4.69, 9.17) is 0 Å². The Hall–Kier alpha value is -1.48. The summed E-state index contributed by atoms with van der Waals surface area (Å²) in [5.74, 6) is -0.0955. The summed E-state index contributed by atoms with van der Waals surface area (Å²) >= 11 is 1.69. The molecule has 3 heteroatoms. The lowest BCUT2D eigenvalue weighted by Gasteiger charge is -2.00. The molecule has 2 nitrogen and oxygen atoms in total. The van der Waals surface area contributed by atoms with Crippen molar-refractivity contribution in [1.29, 1.82) is 0 Å². The molecule has 1 aromatic carbocycles. The number of carbonyl (C=O) groups is 1. The van der Waals surface area contributed by atoms with E-state index in [1.807, 2.05) is 24.5 Å². The Morgan fingerprint density at radius 2 is 2.27 bits per heavy atom. The zero-order valence-corrected chi connectivity index (χ0v) is 9.25. The highest BCUT2D eigenvalue weighted by Gasteiger charge is 2.05. The van der Waals surface area contributed by atoms with Crippen molar-refractivity contribution in [2.45, 2.75) is 4.90 Å². The first-order valence-electron chi connectivity index (χ1n) is 4.58. The molecule has 2 rings (SSSR count). The first-order chi connectivity index (χ1) is 7.26. The molecule has 0 aliphatic heterocycles. The molecule has 1 heterocycles. The minimum atomic E-state index is -0.0955. The lowest BCUT2D eigenvalue weighted by molar-refractivity contribution is 0.0974. The van der Waals surface area contributed by atoms with Crippen LogP contribution in [0, 0.1) is 0 Å². The van der Waals surface area contributed by atoms with Gasteiger partial charge >= 0.3 is 0 Å². The Balaban J connectivity index is 2.61. The number of rotatable bonds is 2. The Bertz CT molecular complexity index is 527. The van der Waals surface area contributed by atoms with Gasteiger partial charge in [-0.3, -0.25) is 9.36 Å². The lowest BCUT2D eigenvalue weighted by atomic mass is 10.2. The molecule has 0 fully saturated rings. The van der Waals surface area contributed by atoms with Gasteiger partial charge in [0.2, 0.25) is 0 Å². The predicted octanol–water partition coefficient (Wildman–Crippen LogP) is 3.19. The summed E-state index contributed by atoms with van der Waals surface area (Å²) in [6.45, 7) is 3.48. The summed E-state index contributed by atoms with van der Waals surface area (Å²) in [4.78, 5) is 12.7. The van der Waals surface area contributed by atoms with Gasteiger partial charge < -0.3 is 0 Å². The summed E-state index contributed by atoms with van der Waals surface area (Å²) in [5.41, 5.74) is 0.928. The Kier molecular flexibility index (Phi) is 2.64. The van der Waals surface area contributed by atoms with Gasteiger partial charge in [0, 0.05) is 16.5 Å². The van der Waals surface area contributed by atoms with Gasteiger partial charge in [0.1, 0.15) is 0 Å². The van der Waals surface area contributed by atoms with Crippen LogP contribution in [0.2, 0.25) is 0 Å². The van der Waals surface area contributed by atoms with Crippen LogP contribution in [0.1, 0.15) is 4.79 Å². The summed E-state index contributed by atoms with van der Waals surface area (Å²) < 4.78 is 1.60. The second kappa shape index (κ2) is 3.95. The van der Waals surface area contributed by atoms with Crippen molar-refractivity contribution in [3.63, 3.8) is 0 Å². The van der Waals surface area contributed by atoms with E-state index >= 15 is 0 Å². The number of fused-ring (bicyclic) bond motifs is 1. The fraction of sp³-hybridized carbons (Fsp3) is 0.0833. The second-order valence-corrected chi connectivity index (χ2v) is 4.03. The molecule has 0 amide bonds. The van der Waals surface area contributed by atoms with Crippen LogP contribution in [0.3, 0.4) is 0 Å². The number of hydrogen-bond donors (Lipinski definition) is 0. The molecule has 0 radical (unpaired) electrons. The maximum absolute atomic E-state index is 11.5. The molecule has 1 aromatic heterocycles. The van der Waals surface area contributed by atoms with Gasteiger partial charge in [-0.15, -0.1) is 11.8 Å². The first kappa shape index (κ1) is 10.1. The molecule has 0 saturated heterocycles. The second-order valence-electron chi connectivity index (χ2n) is 3.15. The van der Waals surface area contributed by atoms with Crippen molar-refractivity contribution in [3.05, 3.63) is 43.1 Å². The van der Waals surface area contributed by atoms with E-state index in [0.29, 0.717) is 0 Å². The van der Waals surface area contributed by atoms with Gasteiger partial charge in [0.15, 0.2) is 0 Å². The molecule has 0 unspecified atom stereocenters. The number of aromatic nitrogens is 1.